The van der Waals surface area contributed by atoms with Crippen LogP contribution < -0.4 is 10.2 Å². The molecule has 0 aliphatic heterocycles. The Bertz CT molecular complexity index is 955. The molecule has 0 unspecified atom stereocenters. The van der Waals surface area contributed by atoms with Gasteiger partial charge in [-0.1, -0.05) is 53.7 Å². The average molecular weight is 408 g/mol. The van der Waals surface area contributed by atoms with E-state index in [1.165, 1.54) is 0 Å². The summed E-state index contributed by atoms with van der Waals surface area (Å²) in [4.78, 5) is 12.0. The first-order valence-electron chi connectivity index (χ1n) is 9.75. The van der Waals surface area contributed by atoms with Gasteiger partial charge in [0.15, 0.2) is 6.61 Å². The van der Waals surface area contributed by atoms with Gasteiger partial charge >= 0.3 is 0 Å². The second kappa shape index (κ2) is 9.00. The predicted molar refractivity (Wildman–Crippen MR) is 118 cm³/mol. The Hall–Kier alpha value is -3.33. The summed E-state index contributed by atoms with van der Waals surface area (Å²) >= 11 is 0. The molecular weight excluding hydrogens is 378 g/mol. The van der Waals surface area contributed by atoms with Gasteiger partial charge in [-0.3, -0.25) is 4.79 Å². The second-order valence-electron chi connectivity index (χ2n) is 9.15. The van der Waals surface area contributed by atoms with Crippen LogP contribution in [0.15, 0.2) is 41.5 Å². The molecule has 158 valence electrons. The van der Waals surface area contributed by atoms with Crippen molar-refractivity contribution in [1.82, 2.24) is 5.43 Å². The quantitative estimate of drug-likeness (QED) is 0.568. The number of aromatic hydroxyl groups is 1. The standard InChI is InChI=1S/C24H29N3O3/c1-23(2,3)18-11-16(12-19(22(18)29)24(4,5)6)14-26-27-21(28)15-30-20-10-8-7-9-17(20)13-25/h7-12,14,29H,15H2,1-6H3,(H,27,28)/b26-14+. The Morgan fingerprint density at radius 1 is 1.13 bits per heavy atom. The van der Waals surface area contributed by atoms with Crippen LogP contribution in [0.4, 0.5) is 0 Å². The van der Waals surface area contributed by atoms with E-state index in [0.29, 0.717) is 17.1 Å². The van der Waals surface area contributed by atoms with Crippen LogP contribution in [0.1, 0.15) is 63.8 Å². The van der Waals surface area contributed by atoms with E-state index in [9.17, 15) is 9.90 Å². The van der Waals surface area contributed by atoms with Crippen molar-refractivity contribution in [3.05, 3.63) is 58.7 Å². The number of hydrogen-bond acceptors (Lipinski definition) is 5. The molecule has 30 heavy (non-hydrogen) atoms. The van der Waals surface area contributed by atoms with Gasteiger partial charge in [-0.2, -0.15) is 10.4 Å². The first-order valence-corrected chi connectivity index (χ1v) is 9.75. The molecule has 0 aromatic heterocycles. The number of carbonyl (C=O) groups is 1. The van der Waals surface area contributed by atoms with E-state index < -0.39 is 5.91 Å². The summed E-state index contributed by atoms with van der Waals surface area (Å²) in [5.41, 5.74) is 4.71. The summed E-state index contributed by atoms with van der Waals surface area (Å²) in [6, 6.07) is 12.5. The van der Waals surface area contributed by atoms with E-state index in [-0.39, 0.29) is 17.4 Å². The molecule has 6 heteroatoms. The molecule has 2 rings (SSSR count). The zero-order valence-corrected chi connectivity index (χ0v) is 18.4. The maximum atomic E-state index is 12.0. The third-order valence-corrected chi connectivity index (χ3v) is 4.52. The molecule has 0 atom stereocenters. The van der Waals surface area contributed by atoms with Crippen LogP contribution in [-0.2, 0) is 15.6 Å². The van der Waals surface area contributed by atoms with Crippen LogP contribution in [0.5, 0.6) is 11.5 Å². The summed E-state index contributed by atoms with van der Waals surface area (Å²) in [6.45, 7) is 12.0. The molecule has 0 heterocycles. The van der Waals surface area contributed by atoms with Gasteiger partial charge in [0.1, 0.15) is 17.6 Å². The molecular formula is C24H29N3O3. The third-order valence-electron chi connectivity index (χ3n) is 4.52. The largest absolute Gasteiger partial charge is 0.507 e. The van der Waals surface area contributed by atoms with Crippen molar-refractivity contribution in [1.29, 1.82) is 5.26 Å². The van der Waals surface area contributed by atoms with E-state index in [1.54, 1.807) is 30.5 Å². The Kier molecular flexibility index (Phi) is 6.88. The summed E-state index contributed by atoms with van der Waals surface area (Å²) in [6.07, 6.45) is 1.55. The maximum absolute atomic E-state index is 12.0. The van der Waals surface area contributed by atoms with Crippen molar-refractivity contribution in [3.63, 3.8) is 0 Å². The number of phenolic OH excluding ortho intramolecular Hbond substituents is 1. The fourth-order valence-electron chi connectivity index (χ4n) is 2.91. The highest BCUT2D eigenvalue weighted by Gasteiger charge is 2.26. The number of nitrogens with one attached hydrogen (secondary N) is 1. The lowest BCUT2D eigenvalue weighted by Gasteiger charge is -2.27. The van der Waals surface area contributed by atoms with E-state index in [0.717, 1.165) is 16.7 Å². The van der Waals surface area contributed by atoms with Crippen molar-refractivity contribution < 1.29 is 14.6 Å². The highest BCUT2D eigenvalue weighted by molar-refractivity contribution is 5.84. The van der Waals surface area contributed by atoms with Gasteiger partial charge < -0.3 is 9.84 Å². The highest BCUT2D eigenvalue weighted by atomic mass is 16.5. The lowest BCUT2D eigenvalue weighted by Crippen LogP contribution is -2.25. The van der Waals surface area contributed by atoms with Crippen molar-refractivity contribution in [2.75, 3.05) is 6.61 Å². The van der Waals surface area contributed by atoms with Crippen LogP contribution in [0.25, 0.3) is 0 Å². The summed E-state index contributed by atoms with van der Waals surface area (Å²) in [5, 5.41) is 23.8. The lowest BCUT2D eigenvalue weighted by molar-refractivity contribution is -0.123. The molecule has 0 aliphatic rings. The van der Waals surface area contributed by atoms with Crippen molar-refractivity contribution >= 4 is 12.1 Å². The normalized spacial score (nSPS) is 11.9. The average Bonchev–Trinajstić information content (AvgIpc) is 2.65. The van der Waals surface area contributed by atoms with E-state index in [4.69, 9.17) is 10.00 Å². The summed E-state index contributed by atoms with van der Waals surface area (Å²) < 4.78 is 5.39. The molecule has 2 aromatic rings. The van der Waals surface area contributed by atoms with E-state index in [1.807, 2.05) is 59.7 Å². The minimum absolute atomic E-state index is 0.251. The van der Waals surface area contributed by atoms with Gasteiger partial charge in [0.25, 0.3) is 5.91 Å². The van der Waals surface area contributed by atoms with Gasteiger partial charge in [0.05, 0.1) is 11.8 Å². The first-order chi connectivity index (χ1) is 13.9. The number of nitriles is 1. The fourth-order valence-corrected chi connectivity index (χ4v) is 2.91. The Morgan fingerprint density at radius 2 is 1.70 bits per heavy atom. The molecule has 0 fully saturated rings. The molecule has 0 saturated carbocycles. The lowest BCUT2D eigenvalue weighted by atomic mass is 9.78. The molecule has 0 aliphatic carbocycles. The molecule has 0 bridgehead atoms. The van der Waals surface area contributed by atoms with Gasteiger partial charge in [-0.25, -0.2) is 5.43 Å². The van der Waals surface area contributed by atoms with E-state index in [2.05, 4.69) is 10.5 Å². The Morgan fingerprint density at radius 3 is 2.23 bits per heavy atom. The zero-order chi connectivity index (χ0) is 22.5. The van der Waals surface area contributed by atoms with Crippen LogP contribution in [0.3, 0.4) is 0 Å². The van der Waals surface area contributed by atoms with Crippen molar-refractivity contribution in [2.24, 2.45) is 5.10 Å². The van der Waals surface area contributed by atoms with Gasteiger partial charge in [0, 0.05) is 11.1 Å². The van der Waals surface area contributed by atoms with Crippen LogP contribution in [0, 0.1) is 11.3 Å². The van der Waals surface area contributed by atoms with Crippen LogP contribution >= 0.6 is 0 Å². The van der Waals surface area contributed by atoms with Gasteiger partial charge in [0.2, 0.25) is 0 Å². The summed E-state index contributed by atoms with van der Waals surface area (Å²) in [5.74, 6) is 0.202. The number of hydrazone groups is 1. The predicted octanol–water partition coefficient (Wildman–Crippen LogP) is 4.39. The monoisotopic (exact) mass is 407 g/mol. The SMILES string of the molecule is CC(C)(C)c1cc(/C=N/NC(=O)COc2ccccc2C#N)cc(C(C)(C)C)c1O. The summed E-state index contributed by atoms with van der Waals surface area (Å²) in [7, 11) is 0. The first kappa shape index (κ1) is 23.0. The maximum Gasteiger partial charge on any atom is 0.277 e. The fraction of sp³-hybridized carbons (Fsp3) is 0.375. The van der Waals surface area contributed by atoms with Gasteiger partial charge in [-0.15, -0.1) is 0 Å². The molecule has 2 N–H and O–H groups in total. The number of amides is 1. The zero-order valence-electron chi connectivity index (χ0n) is 18.4. The van der Waals surface area contributed by atoms with E-state index >= 15 is 0 Å². The van der Waals surface area contributed by atoms with Gasteiger partial charge in [-0.05, 0) is 40.7 Å². The van der Waals surface area contributed by atoms with Crippen LogP contribution in [0.2, 0.25) is 0 Å². The number of rotatable bonds is 5. The molecule has 0 spiro atoms. The number of phenols is 1. The number of hydrogen-bond donors (Lipinski definition) is 2. The minimum Gasteiger partial charge on any atom is -0.507 e. The van der Waals surface area contributed by atoms with Crippen LogP contribution in [-0.4, -0.2) is 23.8 Å². The number of para-hydroxylation sites is 1. The van der Waals surface area contributed by atoms with Crippen molar-refractivity contribution in [3.8, 4) is 17.6 Å². The minimum atomic E-state index is -0.440. The second-order valence-corrected chi connectivity index (χ2v) is 9.15. The highest BCUT2D eigenvalue weighted by Crippen LogP contribution is 2.39. The molecule has 1 amide bonds. The molecule has 6 nitrogen and oxygen atoms in total. The smallest absolute Gasteiger partial charge is 0.277 e. The number of benzene rings is 2. The Balaban J connectivity index is 2.14. The number of carbonyl (C=O) groups excluding carboxylic acids is 1. The molecule has 0 saturated heterocycles. The third kappa shape index (κ3) is 5.84. The number of nitrogens with zero attached hydrogens (tertiary/aromatic N) is 2. The topological polar surface area (TPSA) is 94.7 Å². The molecule has 2 aromatic carbocycles. The number of ether oxygens (including phenoxy) is 1. The Labute approximate surface area is 178 Å². The molecule has 0 radical (unpaired) electrons. The van der Waals surface area contributed by atoms with Crippen molar-refractivity contribution in [2.45, 2.75) is 52.4 Å².